The minimum atomic E-state index is -3.52. The second-order valence-corrected chi connectivity index (χ2v) is 8.37. The number of carbonyl (C=O) groups is 1. The predicted molar refractivity (Wildman–Crippen MR) is 110 cm³/mol. The quantitative estimate of drug-likeness (QED) is 0.722. The van der Waals surface area contributed by atoms with Gasteiger partial charge in [0.2, 0.25) is 15.9 Å². The van der Waals surface area contributed by atoms with Gasteiger partial charge in [0, 0.05) is 30.4 Å². The lowest BCUT2D eigenvalue weighted by Crippen LogP contribution is -2.27. The lowest BCUT2D eigenvalue weighted by atomic mass is 10.2. The number of anilines is 1. The summed E-state index contributed by atoms with van der Waals surface area (Å²) < 4.78 is 32.4. The van der Waals surface area contributed by atoms with Crippen LogP contribution in [0.15, 0.2) is 59.5 Å². The number of benzene rings is 2. The number of hydrogen-bond donors (Lipinski definition) is 1. The summed E-state index contributed by atoms with van der Waals surface area (Å²) in [5.74, 6) is 0.356. The van der Waals surface area contributed by atoms with E-state index in [0.717, 1.165) is 18.4 Å². The maximum Gasteiger partial charge on any atom is 0.248 e. The molecule has 1 amide bonds. The maximum atomic E-state index is 12.7. The molecule has 0 saturated carbocycles. The second kappa shape index (κ2) is 9.03. The molecular formula is C21H24N2O4S. The van der Waals surface area contributed by atoms with Crippen molar-refractivity contribution in [2.45, 2.75) is 24.7 Å². The number of hydrogen-bond acceptors (Lipinski definition) is 4. The molecule has 7 heteroatoms. The van der Waals surface area contributed by atoms with Crippen LogP contribution in [-0.2, 0) is 14.8 Å². The first kappa shape index (κ1) is 20.1. The second-order valence-electron chi connectivity index (χ2n) is 6.43. The molecule has 0 unspecified atom stereocenters. The minimum Gasteiger partial charge on any atom is -0.493 e. The number of carbonyl (C=O) groups excluding carboxylic acids is 1. The Morgan fingerprint density at radius 2 is 1.89 bits per heavy atom. The monoisotopic (exact) mass is 400 g/mol. The van der Waals surface area contributed by atoms with Crippen LogP contribution in [0.1, 0.15) is 25.3 Å². The summed E-state index contributed by atoms with van der Waals surface area (Å²) >= 11 is 0. The van der Waals surface area contributed by atoms with Gasteiger partial charge in [-0.15, -0.1) is 0 Å². The third-order valence-electron chi connectivity index (χ3n) is 4.44. The van der Waals surface area contributed by atoms with Crippen LogP contribution in [0.4, 0.5) is 5.69 Å². The maximum absolute atomic E-state index is 12.7. The van der Waals surface area contributed by atoms with Crippen molar-refractivity contribution >= 4 is 27.7 Å². The van der Waals surface area contributed by atoms with E-state index in [1.54, 1.807) is 24.3 Å². The fourth-order valence-corrected chi connectivity index (χ4v) is 4.63. The van der Waals surface area contributed by atoms with Crippen LogP contribution in [0.3, 0.4) is 0 Å². The van der Waals surface area contributed by atoms with Crippen molar-refractivity contribution in [2.24, 2.45) is 0 Å². The first-order valence-electron chi connectivity index (χ1n) is 9.32. The molecule has 2 aromatic carbocycles. The first-order chi connectivity index (χ1) is 13.5. The summed E-state index contributed by atoms with van der Waals surface area (Å²) in [4.78, 5) is 12.5. The summed E-state index contributed by atoms with van der Waals surface area (Å²) in [5.41, 5.74) is 1.23. The molecule has 148 valence electrons. The third-order valence-corrected chi connectivity index (χ3v) is 6.33. The highest BCUT2D eigenvalue weighted by Gasteiger charge is 2.27. The van der Waals surface area contributed by atoms with Crippen LogP contribution in [-0.4, -0.2) is 38.3 Å². The standard InChI is InChI=1S/C21H24N2O4S/c1-2-27-20-11-4-3-8-17(20)12-13-21(24)22-18-9-7-10-19(16-18)28(25,26)23-14-5-6-15-23/h3-4,7-13,16H,2,5-6,14-15H2,1H3,(H,22,24)/b13-12+. The van der Waals surface area contributed by atoms with Crippen LogP contribution in [0.2, 0.25) is 0 Å². The Bertz CT molecular complexity index is 964. The fourth-order valence-electron chi connectivity index (χ4n) is 3.07. The van der Waals surface area contributed by atoms with Crippen LogP contribution >= 0.6 is 0 Å². The van der Waals surface area contributed by atoms with E-state index in [-0.39, 0.29) is 10.8 Å². The molecule has 3 rings (SSSR count). The Balaban J connectivity index is 1.71. The van der Waals surface area contributed by atoms with Gasteiger partial charge < -0.3 is 10.1 Å². The van der Waals surface area contributed by atoms with Gasteiger partial charge in [-0.1, -0.05) is 24.3 Å². The molecule has 0 aliphatic carbocycles. The van der Waals surface area contributed by atoms with Crippen LogP contribution in [0, 0.1) is 0 Å². The summed E-state index contributed by atoms with van der Waals surface area (Å²) in [6, 6.07) is 13.8. The smallest absolute Gasteiger partial charge is 0.248 e. The molecule has 0 spiro atoms. The van der Waals surface area contributed by atoms with Crippen LogP contribution < -0.4 is 10.1 Å². The van der Waals surface area contributed by atoms with Crippen molar-refractivity contribution in [3.63, 3.8) is 0 Å². The number of nitrogens with one attached hydrogen (secondary N) is 1. The lowest BCUT2D eigenvalue weighted by Gasteiger charge is -2.16. The number of para-hydroxylation sites is 1. The van der Waals surface area contributed by atoms with E-state index in [9.17, 15) is 13.2 Å². The van der Waals surface area contributed by atoms with Gasteiger partial charge in [0.05, 0.1) is 11.5 Å². The van der Waals surface area contributed by atoms with Gasteiger partial charge in [0.15, 0.2) is 0 Å². The SMILES string of the molecule is CCOc1ccccc1/C=C/C(=O)Nc1cccc(S(=O)(=O)N2CCCC2)c1. The van der Waals surface area contributed by atoms with Crippen molar-refractivity contribution < 1.29 is 17.9 Å². The Morgan fingerprint density at radius 3 is 2.64 bits per heavy atom. The number of rotatable bonds is 7. The summed E-state index contributed by atoms with van der Waals surface area (Å²) in [7, 11) is -3.52. The molecule has 1 heterocycles. The van der Waals surface area contributed by atoms with Crippen molar-refractivity contribution in [1.82, 2.24) is 4.31 Å². The molecule has 1 aliphatic heterocycles. The van der Waals surface area contributed by atoms with E-state index in [4.69, 9.17) is 4.74 Å². The normalized spacial score (nSPS) is 15.0. The Hall–Kier alpha value is -2.64. The van der Waals surface area contributed by atoms with Crippen LogP contribution in [0.25, 0.3) is 6.08 Å². The van der Waals surface area contributed by atoms with E-state index in [1.165, 1.54) is 16.4 Å². The molecule has 0 atom stereocenters. The van der Waals surface area contributed by atoms with E-state index >= 15 is 0 Å². The predicted octanol–water partition coefficient (Wildman–Crippen LogP) is 3.52. The van der Waals surface area contributed by atoms with Gasteiger partial charge in [0.1, 0.15) is 5.75 Å². The van der Waals surface area contributed by atoms with Crippen molar-refractivity contribution in [1.29, 1.82) is 0 Å². The molecule has 1 aliphatic rings. The average Bonchev–Trinajstić information content (AvgIpc) is 3.23. The number of amides is 1. The van der Waals surface area contributed by atoms with Gasteiger partial charge in [-0.3, -0.25) is 4.79 Å². The highest BCUT2D eigenvalue weighted by Crippen LogP contribution is 2.23. The van der Waals surface area contributed by atoms with Gasteiger partial charge in [-0.25, -0.2) is 8.42 Å². The molecule has 1 N–H and O–H groups in total. The Morgan fingerprint density at radius 1 is 1.14 bits per heavy atom. The molecule has 0 bridgehead atoms. The van der Waals surface area contributed by atoms with E-state index in [0.29, 0.717) is 31.1 Å². The summed E-state index contributed by atoms with van der Waals surface area (Å²) in [6.45, 7) is 3.52. The van der Waals surface area contributed by atoms with Crippen molar-refractivity contribution in [3.8, 4) is 5.75 Å². The molecule has 6 nitrogen and oxygen atoms in total. The summed E-state index contributed by atoms with van der Waals surface area (Å²) in [6.07, 6.45) is 4.83. The first-order valence-corrected chi connectivity index (χ1v) is 10.8. The highest BCUT2D eigenvalue weighted by atomic mass is 32.2. The minimum absolute atomic E-state index is 0.192. The molecule has 0 aromatic heterocycles. The molecule has 1 fully saturated rings. The van der Waals surface area contributed by atoms with Gasteiger partial charge in [0.25, 0.3) is 0 Å². The summed E-state index contributed by atoms with van der Waals surface area (Å²) in [5, 5.41) is 2.72. The van der Waals surface area contributed by atoms with Gasteiger partial charge in [-0.2, -0.15) is 4.31 Å². The van der Waals surface area contributed by atoms with Gasteiger partial charge in [-0.05, 0) is 50.1 Å². The zero-order valence-electron chi connectivity index (χ0n) is 15.8. The Labute approximate surface area is 165 Å². The topological polar surface area (TPSA) is 75.7 Å². The molecule has 1 saturated heterocycles. The molecule has 0 radical (unpaired) electrons. The molecule has 2 aromatic rings. The van der Waals surface area contributed by atoms with Crippen molar-refractivity contribution in [3.05, 3.63) is 60.2 Å². The average molecular weight is 401 g/mol. The lowest BCUT2D eigenvalue weighted by molar-refractivity contribution is -0.111. The van der Waals surface area contributed by atoms with E-state index in [2.05, 4.69) is 5.32 Å². The highest BCUT2D eigenvalue weighted by molar-refractivity contribution is 7.89. The number of nitrogens with zero attached hydrogens (tertiary/aromatic N) is 1. The Kier molecular flexibility index (Phi) is 6.49. The van der Waals surface area contributed by atoms with E-state index in [1.807, 2.05) is 31.2 Å². The number of sulfonamides is 1. The third kappa shape index (κ3) is 4.79. The molecule has 28 heavy (non-hydrogen) atoms. The zero-order chi connectivity index (χ0) is 20.0. The van der Waals surface area contributed by atoms with Gasteiger partial charge >= 0.3 is 0 Å². The number of ether oxygens (including phenoxy) is 1. The molecular weight excluding hydrogens is 376 g/mol. The largest absolute Gasteiger partial charge is 0.493 e. The van der Waals surface area contributed by atoms with Crippen LogP contribution in [0.5, 0.6) is 5.75 Å². The fraction of sp³-hybridized carbons (Fsp3) is 0.286. The van der Waals surface area contributed by atoms with E-state index < -0.39 is 10.0 Å². The zero-order valence-corrected chi connectivity index (χ0v) is 16.6. The van der Waals surface area contributed by atoms with Crippen molar-refractivity contribution in [2.75, 3.05) is 25.0 Å².